The van der Waals surface area contributed by atoms with E-state index in [4.69, 9.17) is 37.8 Å². The lowest BCUT2D eigenvalue weighted by atomic mass is 9.98. The molecule has 0 aliphatic rings. The van der Waals surface area contributed by atoms with Gasteiger partial charge in [-0.1, -0.05) is 47.5 Å². The van der Waals surface area contributed by atoms with E-state index in [2.05, 4.69) is 0 Å². The summed E-state index contributed by atoms with van der Waals surface area (Å²) >= 11 is 11.0. The topological polar surface area (TPSA) is 72.8 Å². The Hall–Kier alpha value is -3.94. The molecule has 0 fully saturated rings. The molecule has 4 aromatic rings. The molecule has 0 heterocycles. The quantitative estimate of drug-likeness (QED) is 0.243. The van der Waals surface area contributed by atoms with Crippen LogP contribution in [0.4, 0.5) is 8.78 Å². The number of hydrogen-bond donors (Lipinski definition) is 1. The highest BCUT2D eigenvalue weighted by atomic mass is 35.5. The largest absolute Gasteiger partial charge is 0.497 e. The summed E-state index contributed by atoms with van der Waals surface area (Å²) in [5.41, 5.74) is 1.96. The van der Waals surface area contributed by atoms with Crippen molar-refractivity contribution in [2.24, 2.45) is 0 Å². The highest BCUT2D eigenvalue weighted by Gasteiger charge is 2.18. The van der Waals surface area contributed by atoms with Gasteiger partial charge in [-0.2, -0.15) is 0 Å². The van der Waals surface area contributed by atoms with E-state index in [0.717, 1.165) is 17.4 Å². The molecule has 0 aliphatic heterocycles. The molecule has 4 aromatic carbocycles. The maximum Gasteiger partial charge on any atom is 0.338 e. The molecule has 0 bridgehead atoms. The zero-order chi connectivity index (χ0) is 29.1. The van der Waals surface area contributed by atoms with Gasteiger partial charge in [0.15, 0.2) is 17.4 Å². The minimum Gasteiger partial charge on any atom is -0.497 e. The first-order valence-electron chi connectivity index (χ1n) is 11.4. The van der Waals surface area contributed by atoms with Gasteiger partial charge in [0.1, 0.15) is 11.5 Å². The Morgan fingerprint density at radius 2 is 1.21 bits per heavy atom. The van der Waals surface area contributed by atoms with Crippen molar-refractivity contribution in [3.63, 3.8) is 0 Å². The van der Waals surface area contributed by atoms with Gasteiger partial charge in [0.25, 0.3) is 0 Å². The molecule has 0 saturated carbocycles. The molecule has 0 spiro atoms. The van der Waals surface area contributed by atoms with E-state index in [9.17, 15) is 18.4 Å². The van der Waals surface area contributed by atoms with Crippen molar-refractivity contribution in [2.45, 2.75) is 13.8 Å². The van der Waals surface area contributed by atoms with E-state index in [-0.39, 0.29) is 21.4 Å². The molecule has 9 heteroatoms. The number of ketones is 1. The molecule has 0 aromatic heterocycles. The Morgan fingerprint density at radius 3 is 1.67 bits per heavy atom. The standard InChI is InChI=1S/C15H12ClFO2.C8H10O.C7H4ClFO2/c1-9-8-10(19-2)6-7-11(9)15(18)12-4-3-5-13(16)14(12)17;1-7-4-3-5-8(6-7)9-2;8-5-3-1-2-4(6(5)9)7(10)11/h3-8H,1-2H3;3-6H,1-2H3;1-3H,(H,10,11). The van der Waals surface area contributed by atoms with Gasteiger partial charge in [0.05, 0.1) is 35.4 Å². The van der Waals surface area contributed by atoms with Gasteiger partial charge in [-0.15, -0.1) is 0 Å². The summed E-state index contributed by atoms with van der Waals surface area (Å²) in [6.45, 7) is 3.82. The molecular formula is C30H26Cl2F2O5. The smallest absolute Gasteiger partial charge is 0.338 e. The van der Waals surface area contributed by atoms with Crippen LogP contribution < -0.4 is 9.47 Å². The number of ether oxygens (including phenoxy) is 2. The summed E-state index contributed by atoms with van der Waals surface area (Å²) in [6, 6.07) is 21.2. The summed E-state index contributed by atoms with van der Waals surface area (Å²) in [5, 5.41) is 8.16. The van der Waals surface area contributed by atoms with E-state index in [1.807, 2.05) is 31.2 Å². The Balaban J connectivity index is 0.000000226. The zero-order valence-corrected chi connectivity index (χ0v) is 23.1. The molecule has 4 rings (SSSR count). The number of hydrogen-bond acceptors (Lipinski definition) is 4. The highest BCUT2D eigenvalue weighted by molar-refractivity contribution is 6.31. The van der Waals surface area contributed by atoms with Crippen LogP contribution in [0.25, 0.3) is 0 Å². The van der Waals surface area contributed by atoms with Crippen molar-refractivity contribution in [1.82, 2.24) is 0 Å². The lowest BCUT2D eigenvalue weighted by Gasteiger charge is -2.08. The minimum absolute atomic E-state index is 0.0271. The second-order valence-corrected chi connectivity index (χ2v) is 8.85. The average molecular weight is 575 g/mol. The summed E-state index contributed by atoms with van der Waals surface area (Å²) < 4.78 is 36.6. The number of carboxylic acid groups (broad SMARTS) is 1. The maximum absolute atomic E-state index is 13.8. The second kappa shape index (κ2) is 14.9. The lowest BCUT2D eigenvalue weighted by Crippen LogP contribution is -2.06. The number of aryl methyl sites for hydroxylation is 2. The monoisotopic (exact) mass is 574 g/mol. The van der Waals surface area contributed by atoms with Crippen LogP contribution in [0, 0.1) is 25.5 Å². The van der Waals surface area contributed by atoms with E-state index < -0.39 is 23.2 Å². The van der Waals surface area contributed by atoms with E-state index in [1.165, 1.54) is 29.8 Å². The van der Waals surface area contributed by atoms with Gasteiger partial charge in [-0.3, -0.25) is 4.79 Å². The van der Waals surface area contributed by atoms with Crippen molar-refractivity contribution >= 4 is 35.0 Å². The number of benzene rings is 4. The third-order valence-corrected chi connectivity index (χ3v) is 5.87. The highest BCUT2D eigenvalue weighted by Crippen LogP contribution is 2.24. The van der Waals surface area contributed by atoms with E-state index in [1.54, 1.807) is 45.4 Å². The first-order chi connectivity index (χ1) is 18.5. The molecule has 0 aliphatic carbocycles. The van der Waals surface area contributed by atoms with Crippen LogP contribution >= 0.6 is 23.2 Å². The fourth-order valence-electron chi connectivity index (χ4n) is 3.25. The van der Waals surface area contributed by atoms with Crippen molar-refractivity contribution in [3.05, 3.63) is 128 Å². The van der Waals surface area contributed by atoms with Crippen molar-refractivity contribution in [3.8, 4) is 11.5 Å². The first-order valence-corrected chi connectivity index (χ1v) is 12.2. The van der Waals surface area contributed by atoms with Crippen LogP contribution in [0.3, 0.4) is 0 Å². The Morgan fingerprint density at radius 1 is 0.692 bits per heavy atom. The summed E-state index contributed by atoms with van der Waals surface area (Å²) in [5.74, 6) is -1.70. The SMILES string of the molecule is COc1ccc(C(=O)c2cccc(Cl)c2F)c(C)c1.COc1cccc(C)c1.O=C(O)c1cccc(Cl)c1F. The average Bonchev–Trinajstić information content (AvgIpc) is 2.92. The number of carbonyl (C=O) groups is 2. The van der Waals surface area contributed by atoms with Gasteiger partial charge in [-0.25, -0.2) is 13.6 Å². The molecule has 1 N–H and O–H groups in total. The zero-order valence-electron chi connectivity index (χ0n) is 21.6. The number of carboxylic acids is 1. The van der Waals surface area contributed by atoms with Crippen molar-refractivity contribution in [1.29, 1.82) is 0 Å². The van der Waals surface area contributed by atoms with Gasteiger partial charge in [0, 0.05) is 5.56 Å². The Labute approximate surface area is 235 Å². The molecular weight excluding hydrogens is 549 g/mol. The van der Waals surface area contributed by atoms with E-state index in [0.29, 0.717) is 11.3 Å². The molecule has 204 valence electrons. The van der Waals surface area contributed by atoms with Crippen LogP contribution in [0.5, 0.6) is 11.5 Å². The fourth-order valence-corrected chi connectivity index (χ4v) is 3.60. The number of methoxy groups -OCH3 is 2. The summed E-state index contributed by atoms with van der Waals surface area (Å²) in [7, 11) is 3.22. The summed E-state index contributed by atoms with van der Waals surface area (Å²) in [4.78, 5) is 22.6. The third kappa shape index (κ3) is 8.80. The first kappa shape index (κ1) is 31.3. The fraction of sp³-hybridized carbons (Fsp3) is 0.133. The predicted octanol–water partition coefficient (Wildman–Crippen LogP) is 8.21. The molecule has 0 radical (unpaired) electrons. The van der Waals surface area contributed by atoms with Crippen molar-refractivity contribution < 1.29 is 33.0 Å². The number of carbonyl (C=O) groups excluding carboxylic acids is 1. The normalized spacial score (nSPS) is 9.85. The second-order valence-electron chi connectivity index (χ2n) is 8.04. The van der Waals surface area contributed by atoms with Gasteiger partial charge in [-0.05, 0) is 79.6 Å². The van der Waals surface area contributed by atoms with Gasteiger partial charge >= 0.3 is 5.97 Å². The molecule has 0 amide bonds. The number of rotatable bonds is 5. The molecule has 0 atom stereocenters. The van der Waals surface area contributed by atoms with Crippen LogP contribution in [-0.4, -0.2) is 31.1 Å². The Kier molecular flexibility index (Phi) is 11.9. The number of halogens is 4. The van der Waals surface area contributed by atoms with Crippen molar-refractivity contribution in [2.75, 3.05) is 14.2 Å². The Bertz CT molecular complexity index is 1460. The molecule has 0 unspecified atom stereocenters. The van der Waals surface area contributed by atoms with Crippen LogP contribution in [-0.2, 0) is 0 Å². The lowest BCUT2D eigenvalue weighted by molar-refractivity contribution is 0.0691. The molecule has 0 saturated heterocycles. The molecule has 39 heavy (non-hydrogen) atoms. The van der Waals surface area contributed by atoms with Crippen LogP contribution in [0.15, 0.2) is 78.9 Å². The minimum atomic E-state index is -1.31. The van der Waals surface area contributed by atoms with E-state index >= 15 is 0 Å². The van der Waals surface area contributed by atoms with Gasteiger partial charge in [0.2, 0.25) is 0 Å². The van der Waals surface area contributed by atoms with Crippen LogP contribution in [0.1, 0.15) is 37.4 Å². The molecule has 5 nitrogen and oxygen atoms in total. The summed E-state index contributed by atoms with van der Waals surface area (Å²) in [6.07, 6.45) is 0. The van der Waals surface area contributed by atoms with Gasteiger partial charge < -0.3 is 14.6 Å². The number of aromatic carboxylic acids is 1. The predicted molar refractivity (Wildman–Crippen MR) is 149 cm³/mol. The maximum atomic E-state index is 13.8. The third-order valence-electron chi connectivity index (χ3n) is 5.28. The van der Waals surface area contributed by atoms with Crippen LogP contribution in [0.2, 0.25) is 10.0 Å².